The standard InChI is InChI=1S/C22H23N3O2/c1-16-7-5-6-10-18(16)20-19(21(27)23-14-22(15-26)11-12-22)13-25(24-20)17-8-3-2-4-9-17/h2-10,13,26H,11-12,14-15H2,1H3,(H,23,27). The predicted octanol–water partition coefficient (Wildman–Crippen LogP) is 3.35. The van der Waals surface area contributed by atoms with E-state index in [1.165, 1.54) is 0 Å². The summed E-state index contributed by atoms with van der Waals surface area (Å²) in [5.74, 6) is -0.157. The van der Waals surface area contributed by atoms with Gasteiger partial charge in [-0.15, -0.1) is 0 Å². The Hall–Kier alpha value is -2.92. The molecule has 3 aromatic rings. The molecule has 0 bridgehead atoms. The van der Waals surface area contributed by atoms with Crippen LogP contribution in [0.25, 0.3) is 16.9 Å². The van der Waals surface area contributed by atoms with Gasteiger partial charge in [0.05, 0.1) is 17.9 Å². The molecule has 1 aromatic heterocycles. The number of nitrogens with zero attached hydrogens (tertiary/aromatic N) is 2. The van der Waals surface area contributed by atoms with Crippen LogP contribution in [0.1, 0.15) is 28.8 Å². The molecule has 1 saturated carbocycles. The van der Waals surface area contributed by atoms with Crippen molar-refractivity contribution >= 4 is 5.91 Å². The lowest BCUT2D eigenvalue weighted by Gasteiger charge is -2.12. The number of hydrogen-bond donors (Lipinski definition) is 2. The van der Waals surface area contributed by atoms with E-state index in [9.17, 15) is 9.90 Å². The fourth-order valence-corrected chi connectivity index (χ4v) is 3.22. The summed E-state index contributed by atoms with van der Waals surface area (Å²) in [5.41, 5.74) is 4.00. The zero-order chi connectivity index (χ0) is 18.9. The maximum atomic E-state index is 12.9. The van der Waals surface area contributed by atoms with E-state index in [1.807, 2.05) is 61.5 Å². The van der Waals surface area contributed by atoms with Crippen LogP contribution in [0.3, 0.4) is 0 Å². The maximum absolute atomic E-state index is 12.9. The Morgan fingerprint density at radius 2 is 1.85 bits per heavy atom. The minimum absolute atomic E-state index is 0.112. The number of carbonyl (C=O) groups is 1. The molecule has 1 amide bonds. The Labute approximate surface area is 158 Å². The second-order valence-corrected chi connectivity index (χ2v) is 7.33. The van der Waals surface area contributed by atoms with Crippen LogP contribution in [0, 0.1) is 12.3 Å². The number of rotatable bonds is 6. The van der Waals surface area contributed by atoms with Gasteiger partial charge in [-0.2, -0.15) is 5.10 Å². The van der Waals surface area contributed by atoms with E-state index in [4.69, 9.17) is 5.10 Å². The maximum Gasteiger partial charge on any atom is 0.255 e. The van der Waals surface area contributed by atoms with Gasteiger partial charge < -0.3 is 10.4 Å². The van der Waals surface area contributed by atoms with E-state index in [-0.39, 0.29) is 17.9 Å². The summed E-state index contributed by atoms with van der Waals surface area (Å²) in [5, 5.41) is 17.2. The summed E-state index contributed by atoms with van der Waals surface area (Å²) in [6.07, 6.45) is 3.69. The molecule has 1 aliphatic carbocycles. The summed E-state index contributed by atoms with van der Waals surface area (Å²) in [6, 6.07) is 17.7. The molecule has 2 aromatic carbocycles. The van der Waals surface area contributed by atoms with E-state index >= 15 is 0 Å². The first-order valence-electron chi connectivity index (χ1n) is 9.22. The zero-order valence-electron chi connectivity index (χ0n) is 15.4. The first-order chi connectivity index (χ1) is 13.1. The van der Waals surface area contributed by atoms with E-state index in [0.717, 1.165) is 29.7 Å². The number of carbonyl (C=O) groups excluding carboxylic acids is 1. The lowest BCUT2D eigenvalue weighted by molar-refractivity contribution is 0.0936. The van der Waals surface area contributed by atoms with Gasteiger partial charge in [-0.1, -0.05) is 42.5 Å². The number of aromatic nitrogens is 2. The number of benzene rings is 2. The molecule has 0 atom stereocenters. The SMILES string of the molecule is Cc1ccccc1-c1nn(-c2ccccc2)cc1C(=O)NCC1(CO)CC1. The highest BCUT2D eigenvalue weighted by molar-refractivity contribution is 6.00. The molecule has 138 valence electrons. The van der Waals surface area contributed by atoms with Gasteiger partial charge in [0.25, 0.3) is 5.91 Å². The second kappa shape index (κ2) is 7.00. The second-order valence-electron chi connectivity index (χ2n) is 7.33. The van der Waals surface area contributed by atoms with Crippen molar-refractivity contribution < 1.29 is 9.90 Å². The molecule has 27 heavy (non-hydrogen) atoms. The van der Waals surface area contributed by atoms with Crippen molar-refractivity contribution in [1.29, 1.82) is 0 Å². The number of para-hydroxylation sites is 1. The van der Waals surface area contributed by atoms with Crippen LogP contribution in [0.5, 0.6) is 0 Å². The minimum atomic E-state index is -0.157. The number of aryl methyl sites for hydroxylation is 1. The van der Waals surface area contributed by atoms with Crippen LogP contribution < -0.4 is 5.32 Å². The molecule has 5 nitrogen and oxygen atoms in total. The summed E-state index contributed by atoms with van der Waals surface area (Å²) in [6.45, 7) is 2.62. The average molecular weight is 361 g/mol. The van der Waals surface area contributed by atoms with Crippen molar-refractivity contribution in [2.75, 3.05) is 13.2 Å². The topological polar surface area (TPSA) is 67.2 Å². The highest BCUT2D eigenvalue weighted by Gasteiger charge is 2.42. The van der Waals surface area contributed by atoms with Gasteiger partial charge in [-0.3, -0.25) is 4.79 Å². The fraction of sp³-hybridized carbons (Fsp3) is 0.273. The highest BCUT2D eigenvalue weighted by atomic mass is 16.3. The molecule has 0 aliphatic heterocycles. The minimum Gasteiger partial charge on any atom is -0.396 e. The van der Waals surface area contributed by atoms with E-state index in [1.54, 1.807) is 10.9 Å². The van der Waals surface area contributed by atoms with E-state index < -0.39 is 0 Å². The number of amides is 1. The van der Waals surface area contributed by atoms with Crippen LogP contribution in [0.4, 0.5) is 0 Å². The largest absolute Gasteiger partial charge is 0.396 e. The van der Waals surface area contributed by atoms with Gasteiger partial charge in [-0.25, -0.2) is 4.68 Å². The first kappa shape index (κ1) is 17.5. The molecule has 0 saturated heterocycles. The lowest BCUT2D eigenvalue weighted by Crippen LogP contribution is -2.32. The van der Waals surface area contributed by atoms with Crippen molar-refractivity contribution in [3.63, 3.8) is 0 Å². The van der Waals surface area contributed by atoms with Crippen LogP contribution in [0.2, 0.25) is 0 Å². The number of nitrogens with one attached hydrogen (secondary N) is 1. The van der Waals surface area contributed by atoms with Crippen molar-refractivity contribution in [2.45, 2.75) is 19.8 Å². The third-order valence-electron chi connectivity index (χ3n) is 5.30. The van der Waals surface area contributed by atoms with Crippen LogP contribution in [-0.4, -0.2) is 33.9 Å². The molecular weight excluding hydrogens is 338 g/mol. The Morgan fingerprint density at radius 3 is 2.52 bits per heavy atom. The number of hydrogen-bond acceptors (Lipinski definition) is 3. The molecule has 1 heterocycles. The molecular formula is C22H23N3O2. The molecule has 4 rings (SSSR count). The van der Waals surface area contributed by atoms with Gasteiger partial charge >= 0.3 is 0 Å². The van der Waals surface area contributed by atoms with Crippen molar-refractivity contribution in [3.05, 3.63) is 71.9 Å². The Balaban J connectivity index is 1.71. The predicted molar refractivity (Wildman–Crippen MR) is 105 cm³/mol. The average Bonchev–Trinajstić information content (AvgIpc) is 3.36. The molecule has 2 N–H and O–H groups in total. The summed E-state index contributed by atoms with van der Waals surface area (Å²) < 4.78 is 1.75. The lowest BCUT2D eigenvalue weighted by atomic mass is 10.0. The molecule has 0 unspecified atom stereocenters. The molecule has 1 fully saturated rings. The molecule has 5 heteroatoms. The third kappa shape index (κ3) is 3.51. The molecule has 1 aliphatic rings. The van der Waals surface area contributed by atoms with Crippen LogP contribution in [0.15, 0.2) is 60.8 Å². The van der Waals surface area contributed by atoms with Crippen molar-refractivity contribution in [2.24, 2.45) is 5.41 Å². The van der Waals surface area contributed by atoms with Gasteiger partial charge in [0.15, 0.2) is 0 Å². The van der Waals surface area contributed by atoms with Gasteiger partial charge in [0.1, 0.15) is 5.69 Å². The van der Waals surface area contributed by atoms with Crippen LogP contribution in [-0.2, 0) is 0 Å². The quantitative estimate of drug-likeness (QED) is 0.707. The van der Waals surface area contributed by atoms with E-state index in [2.05, 4.69) is 5.32 Å². The first-order valence-corrected chi connectivity index (χ1v) is 9.22. The van der Waals surface area contributed by atoms with Crippen LogP contribution >= 0.6 is 0 Å². The summed E-state index contributed by atoms with van der Waals surface area (Å²) >= 11 is 0. The van der Waals surface area contributed by atoms with E-state index in [0.29, 0.717) is 17.8 Å². The number of aliphatic hydroxyl groups is 1. The Kier molecular flexibility index (Phi) is 4.54. The highest BCUT2D eigenvalue weighted by Crippen LogP contribution is 2.44. The normalized spacial score (nSPS) is 14.7. The summed E-state index contributed by atoms with van der Waals surface area (Å²) in [4.78, 5) is 12.9. The van der Waals surface area contributed by atoms with Gasteiger partial charge in [0.2, 0.25) is 0 Å². The molecule has 0 spiro atoms. The summed E-state index contributed by atoms with van der Waals surface area (Å²) in [7, 11) is 0. The smallest absolute Gasteiger partial charge is 0.255 e. The number of aliphatic hydroxyl groups excluding tert-OH is 1. The monoisotopic (exact) mass is 361 g/mol. The zero-order valence-corrected chi connectivity index (χ0v) is 15.4. The molecule has 0 radical (unpaired) electrons. The van der Waals surface area contributed by atoms with Gasteiger partial charge in [-0.05, 0) is 37.5 Å². The fourth-order valence-electron chi connectivity index (χ4n) is 3.22. The Bertz CT molecular complexity index is 959. The Morgan fingerprint density at radius 1 is 1.15 bits per heavy atom. The van der Waals surface area contributed by atoms with Gasteiger partial charge in [0, 0.05) is 23.7 Å². The third-order valence-corrected chi connectivity index (χ3v) is 5.30. The van der Waals surface area contributed by atoms with Crippen molar-refractivity contribution in [3.8, 4) is 16.9 Å². The van der Waals surface area contributed by atoms with Crippen molar-refractivity contribution in [1.82, 2.24) is 15.1 Å².